The first kappa shape index (κ1) is 31.7. The topological polar surface area (TPSA) is 207 Å². The molecule has 12 heteroatoms. The van der Waals surface area contributed by atoms with Gasteiger partial charge >= 0.3 is 5.97 Å². The molecule has 1 heterocycles. The van der Waals surface area contributed by atoms with Crippen molar-refractivity contribution in [2.24, 2.45) is 5.73 Å². The Hall–Kier alpha value is -5.20. The number of H-pyrrole nitrogens is 1. The summed E-state index contributed by atoms with van der Waals surface area (Å²) in [6.45, 7) is -0.650. The molecule has 0 bridgehead atoms. The highest BCUT2D eigenvalue weighted by molar-refractivity contribution is 5.95. The molecular weight excluding hydrogens is 566 g/mol. The van der Waals surface area contributed by atoms with Crippen molar-refractivity contribution in [2.45, 2.75) is 43.4 Å². The predicted molar refractivity (Wildman–Crippen MR) is 162 cm³/mol. The molecular formula is C32H35N5O7. The van der Waals surface area contributed by atoms with Gasteiger partial charge in [0.25, 0.3) is 0 Å². The average molecular weight is 602 g/mol. The number of aromatic nitrogens is 1. The molecule has 0 saturated heterocycles. The molecule has 4 rings (SSSR count). The highest BCUT2D eigenvalue weighted by atomic mass is 16.4. The fraction of sp³-hybridized carbons (Fsp3) is 0.250. The molecule has 0 aliphatic carbocycles. The number of amides is 3. The number of aromatic amines is 1. The Morgan fingerprint density at radius 1 is 0.705 bits per heavy atom. The number of benzene rings is 3. The number of hydrogen-bond donors (Lipinski definition) is 8. The van der Waals surface area contributed by atoms with Crippen LogP contribution in [0.15, 0.2) is 85.1 Å². The second kappa shape index (κ2) is 14.8. The minimum Gasteiger partial charge on any atom is -0.508 e. The molecule has 230 valence electrons. The largest absolute Gasteiger partial charge is 0.508 e. The SMILES string of the molecule is NC(CO)C(=O)NC(Cc1ccc(O)cc1)C(=O)NC(Cc1c[nH]c2ccccc12)C(=O)NC(Cc1ccccc1)C(=O)O. The Morgan fingerprint density at radius 2 is 1.25 bits per heavy atom. The summed E-state index contributed by atoms with van der Waals surface area (Å²) in [5.41, 5.74) is 8.48. The number of phenols is 1. The van der Waals surface area contributed by atoms with E-state index in [4.69, 9.17) is 5.73 Å². The number of aliphatic carboxylic acids is 1. The van der Waals surface area contributed by atoms with Crippen LogP contribution in [0.5, 0.6) is 5.75 Å². The average Bonchev–Trinajstić information content (AvgIpc) is 3.43. The van der Waals surface area contributed by atoms with E-state index in [0.29, 0.717) is 16.7 Å². The Kier molecular flexibility index (Phi) is 10.7. The molecule has 0 radical (unpaired) electrons. The van der Waals surface area contributed by atoms with Gasteiger partial charge in [-0.25, -0.2) is 4.79 Å². The van der Waals surface area contributed by atoms with Gasteiger partial charge in [0.1, 0.15) is 29.9 Å². The number of hydrogen-bond acceptors (Lipinski definition) is 7. The summed E-state index contributed by atoms with van der Waals surface area (Å²) in [6.07, 6.45) is 1.72. The van der Waals surface area contributed by atoms with Crippen molar-refractivity contribution >= 4 is 34.6 Å². The van der Waals surface area contributed by atoms with Gasteiger partial charge < -0.3 is 42.0 Å². The molecule has 12 nitrogen and oxygen atoms in total. The fourth-order valence-corrected chi connectivity index (χ4v) is 4.76. The molecule has 3 aromatic carbocycles. The van der Waals surface area contributed by atoms with E-state index in [9.17, 15) is 34.5 Å². The second-order valence-corrected chi connectivity index (χ2v) is 10.4. The van der Waals surface area contributed by atoms with E-state index in [2.05, 4.69) is 20.9 Å². The molecule has 4 unspecified atom stereocenters. The smallest absolute Gasteiger partial charge is 0.326 e. The number of nitrogens with one attached hydrogen (secondary N) is 4. The molecule has 0 aliphatic heterocycles. The number of aliphatic hydroxyl groups excluding tert-OH is 1. The second-order valence-electron chi connectivity index (χ2n) is 10.4. The number of aliphatic hydroxyl groups is 1. The first-order valence-corrected chi connectivity index (χ1v) is 14.0. The third-order valence-electron chi connectivity index (χ3n) is 7.17. The lowest BCUT2D eigenvalue weighted by atomic mass is 10.0. The van der Waals surface area contributed by atoms with Crippen LogP contribution in [0.3, 0.4) is 0 Å². The molecule has 44 heavy (non-hydrogen) atoms. The molecule has 9 N–H and O–H groups in total. The minimum absolute atomic E-state index is 0.00922. The van der Waals surface area contributed by atoms with Crippen molar-refractivity contribution in [3.63, 3.8) is 0 Å². The highest BCUT2D eigenvalue weighted by Gasteiger charge is 2.31. The van der Waals surface area contributed by atoms with Gasteiger partial charge in [-0.3, -0.25) is 14.4 Å². The normalized spacial score (nSPS) is 13.8. The number of para-hydroxylation sites is 1. The first-order valence-electron chi connectivity index (χ1n) is 14.0. The monoisotopic (exact) mass is 601 g/mol. The Bertz CT molecular complexity index is 1590. The van der Waals surface area contributed by atoms with Crippen LogP contribution in [0.25, 0.3) is 10.9 Å². The van der Waals surface area contributed by atoms with Gasteiger partial charge in [-0.05, 0) is 34.9 Å². The summed E-state index contributed by atoms with van der Waals surface area (Å²) in [5.74, 6) is -3.46. The van der Waals surface area contributed by atoms with E-state index in [-0.39, 0.29) is 25.0 Å². The van der Waals surface area contributed by atoms with Crippen LogP contribution in [-0.4, -0.2) is 74.8 Å². The third kappa shape index (κ3) is 8.43. The Labute approximate surface area is 253 Å². The van der Waals surface area contributed by atoms with Crippen molar-refractivity contribution in [3.05, 3.63) is 102 Å². The fourth-order valence-electron chi connectivity index (χ4n) is 4.76. The van der Waals surface area contributed by atoms with Crippen molar-refractivity contribution in [3.8, 4) is 5.75 Å². The van der Waals surface area contributed by atoms with E-state index >= 15 is 0 Å². The summed E-state index contributed by atoms with van der Waals surface area (Å²) in [7, 11) is 0. The maximum absolute atomic E-state index is 13.7. The van der Waals surface area contributed by atoms with Gasteiger partial charge in [-0.1, -0.05) is 60.7 Å². The lowest BCUT2D eigenvalue weighted by molar-refractivity contribution is -0.142. The molecule has 4 atom stereocenters. The molecule has 3 amide bonds. The zero-order valence-electron chi connectivity index (χ0n) is 23.8. The van der Waals surface area contributed by atoms with Crippen LogP contribution >= 0.6 is 0 Å². The van der Waals surface area contributed by atoms with Crippen molar-refractivity contribution in [2.75, 3.05) is 6.61 Å². The third-order valence-corrected chi connectivity index (χ3v) is 7.17. The van der Waals surface area contributed by atoms with E-state index in [1.165, 1.54) is 12.1 Å². The number of phenolic OH excluding ortho intramolecular Hbond substituents is 1. The standard InChI is InChI=1S/C32H35N5O7/c33-24(18-38)29(40)35-26(14-20-10-12-22(39)13-11-20)30(41)36-27(16-21-17-34-25-9-5-4-8-23(21)25)31(42)37-28(32(43)44)15-19-6-2-1-3-7-19/h1-13,17,24,26-28,34,38-39H,14-16,18,33H2,(H,35,40)(H,36,41)(H,37,42)(H,43,44). The first-order chi connectivity index (χ1) is 21.1. The number of nitrogens with two attached hydrogens (primary N) is 1. The summed E-state index contributed by atoms with van der Waals surface area (Å²) in [6, 6.07) is 17.2. The van der Waals surface area contributed by atoms with Crippen LogP contribution in [0, 0.1) is 0 Å². The van der Waals surface area contributed by atoms with E-state index in [1.54, 1.807) is 48.7 Å². The summed E-state index contributed by atoms with van der Waals surface area (Å²) in [4.78, 5) is 55.2. The number of fused-ring (bicyclic) bond motifs is 1. The van der Waals surface area contributed by atoms with Gasteiger partial charge in [-0.2, -0.15) is 0 Å². The van der Waals surface area contributed by atoms with Crippen molar-refractivity contribution < 1.29 is 34.5 Å². The molecule has 1 aromatic heterocycles. The van der Waals surface area contributed by atoms with Crippen LogP contribution in [0.1, 0.15) is 16.7 Å². The quantitative estimate of drug-likeness (QED) is 0.103. The number of rotatable bonds is 14. The summed E-state index contributed by atoms with van der Waals surface area (Å²) >= 11 is 0. The summed E-state index contributed by atoms with van der Waals surface area (Å²) in [5, 5.41) is 37.5. The number of carbonyl (C=O) groups is 4. The maximum atomic E-state index is 13.7. The van der Waals surface area contributed by atoms with E-state index in [0.717, 1.165) is 10.9 Å². The van der Waals surface area contributed by atoms with Gasteiger partial charge in [0, 0.05) is 36.4 Å². The Balaban J connectivity index is 1.61. The van der Waals surface area contributed by atoms with Gasteiger partial charge in [0.15, 0.2) is 0 Å². The zero-order valence-corrected chi connectivity index (χ0v) is 23.8. The highest BCUT2D eigenvalue weighted by Crippen LogP contribution is 2.20. The van der Waals surface area contributed by atoms with Crippen LogP contribution in [0.2, 0.25) is 0 Å². The van der Waals surface area contributed by atoms with E-state index < -0.39 is 54.5 Å². The number of carboxylic acid groups (broad SMARTS) is 1. The van der Waals surface area contributed by atoms with Crippen LogP contribution in [-0.2, 0) is 38.4 Å². The van der Waals surface area contributed by atoms with E-state index in [1.807, 2.05) is 24.3 Å². The molecule has 0 fully saturated rings. The lowest BCUT2D eigenvalue weighted by Gasteiger charge is -2.25. The van der Waals surface area contributed by atoms with Crippen LogP contribution in [0.4, 0.5) is 0 Å². The predicted octanol–water partition coefficient (Wildman–Crippen LogP) is 0.760. The number of carbonyl (C=O) groups excluding carboxylic acids is 3. The maximum Gasteiger partial charge on any atom is 0.326 e. The van der Waals surface area contributed by atoms with Crippen LogP contribution < -0.4 is 21.7 Å². The Morgan fingerprint density at radius 3 is 1.91 bits per heavy atom. The molecule has 4 aromatic rings. The number of carboxylic acids is 1. The minimum atomic E-state index is -1.29. The number of aromatic hydroxyl groups is 1. The van der Waals surface area contributed by atoms with Gasteiger partial charge in [0.05, 0.1) is 6.61 Å². The van der Waals surface area contributed by atoms with Gasteiger partial charge in [-0.15, -0.1) is 0 Å². The van der Waals surface area contributed by atoms with Gasteiger partial charge in [0.2, 0.25) is 17.7 Å². The lowest BCUT2D eigenvalue weighted by Crippen LogP contribution is -2.58. The molecule has 0 spiro atoms. The molecule has 0 aliphatic rings. The molecule has 0 saturated carbocycles. The summed E-state index contributed by atoms with van der Waals surface area (Å²) < 4.78 is 0. The van der Waals surface area contributed by atoms with Crippen molar-refractivity contribution in [1.29, 1.82) is 0 Å². The van der Waals surface area contributed by atoms with Crippen molar-refractivity contribution in [1.82, 2.24) is 20.9 Å². The zero-order chi connectivity index (χ0) is 31.6.